The van der Waals surface area contributed by atoms with Crippen molar-refractivity contribution in [3.63, 3.8) is 0 Å². The van der Waals surface area contributed by atoms with Gasteiger partial charge in [-0.25, -0.2) is 9.50 Å². The Bertz CT molecular complexity index is 957. The molecule has 0 saturated heterocycles. The molecule has 134 valence electrons. The van der Waals surface area contributed by atoms with Gasteiger partial charge in [0.15, 0.2) is 5.65 Å². The van der Waals surface area contributed by atoms with Gasteiger partial charge >= 0.3 is 6.61 Å². The van der Waals surface area contributed by atoms with Gasteiger partial charge in [-0.15, -0.1) is 0 Å². The highest BCUT2D eigenvalue weighted by atomic mass is 19.3. The van der Waals surface area contributed by atoms with Gasteiger partial charge in [-0.2, -0.15) is 13.9 Å². The zero-order chi connectivity index (χ0) is 18.1. The van der Waals surface area contributed by atoms with Crippen molar-refractivity contribution in [2.75, 3.05) is 0 Å². The molecule has 0 unspecified atom stereocenters. The normalized spacial score (nSPS) is 16.5. The minimum absolute atomic E-state index is 0.137. The van der Waals surface area contributed by atoms with Gasteiger partial charge in [-0.1, -0.05) is 6.07 Å². The number of benzene rings is 1. The van der Waals surface area contributed by atoms with Crippen molar-refractivity contribution in [3.05, 3.63) is 59.5 Å². The molecule has 2 aromatic heterocycles. The number of carbonyl (C=O) groups is 1. The lowest BCUT2D eigenvalue weighted by molar-refractivity contribution is -0.0499. The molecule has 1 amide bonds. The number of halogens is 2. The predicted molar refractivity (Wildman–Crippen MR) is 89.2 cm³/mol. The molecule has 1 aromatic carbocycles. The van der Waals surface area contributed by atoms with E-state index in [0.29, 0.717) is 11.2 Å². The fourth-order valence-corrected chi connectivity index (χ4v) is 3.34. The Balaban J connectivity index is 1.57. The summed E-state index contributed by atoms with van der Waals surface area (Å²) in [4.78, 5) is 16.9. The number of aromatic nitrogens is 3. The van der Waals surface area contributed by atoms with Crippen molar-refractivity contribution in [1.82, 2.24) is 19.9 Å². The molecule has 8 heteroatoms. The summed E-state index contributed by atoms with van der Waals surface area (Å²) in [6.45, 7) is -2.85. The number of hydrogen-bond acceptors (Lipinski definition) is 4. The molecule has 1 atom stereocenters. The molecule has 1 N–H and O–H groups in total. The third kappa shape index (κ3) is 3.10. The summed E-state index contributed by atoms with van der Waals surface area (Å²) in [7, 11) is 0. The second-order valence-electron chi connectivity index (χ2n) is 6.10. The Kier molecular flexibility index (Phi) is 4.24. The van der Waals surface area contributed by atoms with Crippen LogP contribution in [0.25, 0.3) is 5.65 Å². The molecule has 2 heterocycles. The predicted octanol–water partition coefficient (Wildman–Crippen LogP) is 3.14. The van der Waals surface area contributed by atoms with Gasteiger partial charge in [0.25, 0.3) is 5.91 Å². The second kappa shape index (κ2) is 6.70. The minimum Gasteiger partial charge on any atom is -0.435 e. The molecule has 0 bridgehead atoms. The van der Waals surface area contributed by atoms with Crippen LogP contribution in [0.3, 0.4) is 0 Å². The third-order valence-corrected chi connectivity index (χ3v) is 4.48. The number of hydrogen-bond donors (Lipinski definition) is 1. The lowest BCUT2D eigenvalue weighted by atomic mass is 9.87. The average molecular weight is 358 g/mol. The van der Waals surface area contributed by atoms with Gasteiger partial charge in [0.05, 0.1) is 12.2 Å². The van der Waals surface area contributed by atoms with E-state index in [1.165, 1.54) is 16.8 Å². The quantitative estimate of drug-likeness (QED) is 0.778. The van der Waals surface area contributed by atoms with Crippen molar-refractivity contribution in [1.29, 1.82) is 0 Å². The molecule has 0 saturated carbocycles. The van der Waals surface area contributed by atoms with E-state index in [-0.39, 0.29) is 17.7 Å². The van der Waals surface area contributed by atoms with Crippen LogP contribution in [0.4, 0.5) is 8.78 Å². The van der Waals surface area contributed by atoms with Crippen LogP contribution >= 0.6 is 0 Å². The monoisotopic (exact) mass is 358 g/mol. The zero-order valence-electron chi connectivity index (χ0n) is 13.7. The Morgan fingerprint density at radius 3 is 3.12 bits per heavy atom. The van der Waals surface area contributed by atoms with Crippen molar-refractivity contribution >= 4 is 11.6 Å². The van der Waals surface area contributed by atoms with E-state index in [4.69, 9.17) is 0 Å². The summed E-state index contributed by atoms with van der Waals surface area (Å²) >= 11 is 0. The molecule has 0 fully saturated rings. The maximum Gasteiger partial charge on any atom is 0.387 e. The highest BCUT2D eigenvalue weighted by molar-refractivity contribution is 5.99. The van der Waals surface area contributed by atoms with Crippen LogP contribution in [-0.2, 0) is 6.42 Å². The Morgan fingerprint density at radius 1 is 1.38 bits per heavy atom. The Labute approximate surface area is 147 Å². The summed E-state index contributed by atoms with van der Waals surface area (Å²) in [5.74, 6) is -0.123. The highest BCUT2D eigenvalue weighted by Gasteiger charge is 2.24. The molecule has 0 aliphatic heterocycles. The van der Waals surface area contributed by atoms with Crippen LogP contribution in [0.2, 0.25) is 0 Å². The maximum absolute atomic E-state index is 12.7. The molecular weight excluding hydrogens is 342 g/mol. The number of aryl methyl sites for hydroxylation is 1. The van der Waals surface area contributed by atoms with E-state index in [9.17, 15) is 13.6 Å². The summed E-state index contributed by atoms with van der Waals surface area (Å²) in [6.07, 6.45) is 7.21. The van der Waals surface area contributed by atoms with Crippen LogP contribution < -0.4 is 10.1 Å². The summed E-state index contributed by atoms with van der Waals surface area (Å²) in [6, 6.07) is 6.41. The van der Waals surface area contributed by atoms with E-state index in [1.807, 2.05) is 0 Å². The standard InChI is InChI=1S/C18H16F2N4O2/c19-18(20)26-12-5-6-13-11(9-12)3-1-4-15(13)23-17(25)14-10-22-24-8-2-7-21-16(14)24/h2,5-10,15,18H,1,3-4H2,(H,23,25)/t15-/m1/s1. The lowest BCUT2D eigenvalue weighted by Gasteiger charge is -2.26. The fourth-order valence-electron chi connectivity index (χ4n) is 3.34. The molecule has 4 rings (SSSR count). The van der Waals surface area contributed by atoms with Crippen LogP contribution in [0.15, 0.2) is 42.9 Å². The second-order valence-corrected chi connectivity index (χ2v) is 6.10. The first-order valence-electron chi connectivity index (χ1n) is 8.28. The molecular formula is C18H16F2N4O2. The van der Waals surface area contributed by atoms with E-state index >= 15 is 0 Å². The van der Waals surface area contributed by atoms with E-state index in [0.717, 1.165) is 30.4 Å². The molecule has 26 heavy (non-hydrogen) atoms. The van der Waals surface area contributed by atoms with Gasteiger partial charge in [-0.05, 0) is 48.6 Å². The number of nitrogens with one attached hydrogen (secondary N) is 1. The number of carbonyl (C=O) groups excluding carboxylic acids is 1. The fraction of sp³-hybridized carbons (Fsp3) is 0.278. The molecule has 0 spiro atoms. The Morgan fingerprint density at radius 2 is 2.27 bits per heavy atom. The molecule has 3 aromatic rings. The van der Waals surface area contributed by atoms with Crippen LogP contribution in [0.1, 0.15) is 40.4 Å². The van der Waals surface area contributed by atoms with Crippen LogP contribution in [0, 0.1) is 0 Å². The highest BCUT2D eigenvalue weighted by Crippen LogP contribution is 2.33. The topological polar surface area (TPSA) is 68.5 Å². The number of alkyl halides is 2. The van der Waals surface area contributed by atoms with Gasteiger partial charge in [-0.3, -0.25) is 4.79 Å². The van der Waals surface area contributed by atoms with Gasteiger partial charge < -0.3 is 10.1 Å². The molecule has 1 aliphatic rings. The first-order chi connectivity index (χ1) is 12.6. The summed E-state index contributed by atoms with van der Waals surface area (Å²) in [5, 5.41) is 7.13. The number of fused-ring (bicyclic) bond motifs is 2. The molecule has 0 radical (unpaired) electrons. The van der Waals surface area contributed by atoms with E-state index in [1.54, 1.807) is 30.6 Å². The number of rotatable bonds is 4. The number of nitrogens with zero attached hydrogens (tertiary/aromatic N) is 3. The Hall–Kier alpha value is -3.03. The maximum atomic E-state index is 12.7. The van der Waals surface area contributed by atoms with Gasteiger partial charge in [0.2, 0.25) is 0 Å². The zero-order valence-corrected chi connectivity index (χ0v) is 13.7. The lowest BCUT2D eigenvalue weighted by Crippen LogP contribution is -2.31. The largest absolute Gasteiger partial charge is 0.435 e. The SMILES string of the molecule is O=C(N[C@@H]1CCCc2cc(OC(F)F)ccc21)c1cnn2cccnc12. The minimum atomic E-state index is -2.85. The number of ether oxygens (including phenoxy) is 1. The van der Waals surface area contributed by atoms with Gasteiger partial charge in [0, 0.05) is 12.4 Å². The molecule has 6 nitrogen and oxygen atoms in total. The van der Waals surface area contributed by atoms with Crippen LogP contribution in [0.5, 0.6) is 5.75 Å². The van der Waals surface area contributed by atoms with E-state index in [2.05, 4.69) is 20.1 Å². The van der Waals surface area contributed by atoms with Gasteiger partial charge in [0.1, 0.15) is 11.3 Å². The first kappa shape index (κ1) is 16.4. The first-order valence-corrected chi connectivity index (χ1v) is 8.28. The number of amides is 1. The molecule has 1 aliphatic carbocycles. The summed E-state index contributed by atoms with van der Waals surface area (Å²) in [5.41, 5.74) is 2.73. The van der Waals surface area contributed by atoms with Crippen molar-refractivity contribution in [2.24, 2.45) is 0 Å². The summed E-state index contributed by atoms with van der Waals surface area (Å²) < 4.78 is 30.8. The smallest absolute Gasteiger partial charge is 0.387 e. The van der Waals surface area contributed by atoms with Crippen LogP contribution in [-0.4, -0.2) is 27.1 Å². The average Bonchev–Trinajstić information content (AvgIpc) is 3.05. The van der Waals surface area contributed by atoms with Crippen molar-refractivity contribution in [2.45, 2.75) is 31.9 Å². The van der Waals surface area contributed by atoms with Crippen molar-refractivity contribution < 1.29 is 18.3 Å². The van der Waals surface area contributed by atoms with Crippen molar-refractivity contribution in [3.8, 4) is 5.75 Å². The van der Waals surface area contributed by atoms with E-state index < -0.39 is 6.61 Å². The third-order valence-electron chi connectivity index (χ3n) is 4.48.